The second kappa shape index (κ2) is 13.2. The second-order valence-corrected chi connectivity index (χ2v) is 9.98. The van der Waals surface area contributed by atoms with Crippen LogP contribution in [0.3, 0.4) is 0 Å². The van der Waals surface area contributed by atoms with Crippen LogP contribution in [0.2, 0.25) is 4.34 Å². The van der Waals surface area contributed by atoms with Crippen LogP contribution < -0.4 is 15.1 Å². The number of halogens is 3. The monoisotopic (exact) mass is 604 g/mol. The van der Waals surface area contributed by atoms with Crippen LogP contribution in [0.5, 0.6) is 0 Å². The van der Waals surface area contributed by atoms with Crippen LogP contribution in [0.4, 0.5) is 20.6 Å². The molecule has 2 aliphatic heterocycles. The summed E-state index contributed by atoms with van der Waals surface area (Å²) in [5, 5.41) is 11.2. The van der Waals surface area contributed by atoms with Crippen molar-refractivity contribution in [2.75, 3.05) is 55.7 Å². The maximum Gasteiger partial charge on any atom is 0.414 e. The molecule has 4 rings (SSSR count). The highest BCUT2D eigenvalue weighted by Gasteiger charge is 2.38. The minimum atomic E-state index is -1.19. The average molecular weight is 605 g/mol. The quantitative estimate of drug-likeness (QED) is 0.438. The van der Waals surface area contributed by atoms with E-state index in [9.17, 15) is 24.0 Å². The number of imide groups is 1. The van der Waals surface area contributed by atoms with Crippen LogP contribution in [0.15, 0.2) is 30.3 Å². The smallest absolute Gasteiger partial charge is 0.414 e. The molecule has 3 heterocycles. The van der Waals surface area contributed by atoms with Crippen molar-refractivity contribution < 1.29 is 42.9 Å². The van der Waals surface area contributed by atoms with E-state index in [4.69, 9.17) is 26.2 Å². The molecule has 2 aliphatic rings. The molecule has 39 heavy (non-hydrogen) atoms. The number of carbonyl (C=O) groups is 5. The van der Waals surface area contributed by atoms with Crippen molar-refractivity contribution in [3.8, 4) is 0 Å². The third-order valence-electron chi connectivity index (χ3n) is 5.66. The van der Waals surface area contributed by atoms with Gasteiger partial charge in [-0.15, -0.1) is 23.7 Å². The van der Waals surface area contributed by atoms with Gasteiger partial charge in [0.25, 0.3) is 11.8 Å². The van der Waals surface area contributed by atoms with Gasteiger partial charge in [-0.2, -0.15) is 0 Å². The largest absolute Gasteiger partial charge is 0.480 e. The van der Waals surface area contributed by atoms with Gasteiger partial charge in [-0.05, 0) is 30.3 Å². The Morgan fingerprint density at radius 1 is 1.18 bits per heavy atom. The van der Waals surface area contributed by atoms with E-state index in [-0.39, 0.29) is 55.1 Å². The molecule has 2 fully saturated rings. The van der Waals surface area contributed by atoms with Gasteiger partial charge < -0.3 is 19.5 Å². The highest BCUT2D eigenvalue weighted by molar-refractivity contribution is 7.18. The van der Waals surface area contributed by atoms with E-state index < -0.39 is 48.9 Å². The number of ether oxygens (including phenoxy) is 2. The van der Waals surface area contributed by atoms with Gasteiger partial charge in [0.1, 0.15) is 18.5 Å². The summed E-state index contributed by atoms with van der Waals surface area (Å²) < 4.78 is 25.7. The zero-order valence-corrected chi connectivity index (χ0v) is 22.5. The van der Waals surface area contributed by atoms with Crippen molar-refractivity contribution in [2.24, 2.45) is 0 Å². The minimum absolute atomic E-state index is 0. The zero-order chi connectivity index (χ0) is 27.4. The average Bonchev–Trinajstić information content (AvgIpc) is 3.47. The van der Waals surface area contributed by atoms with Crippen LogP contribution in [-0.2, 0) is 23.9 Å². The number of carboxylic acid groups (broad SMARTS) is 1. The van der Waals surface area contributed by atoms with Gasteiger partial charge in [-0.25, -0.2) is 9.18 Å². The number of carboxylic acids is 1. The number of benzene rings is 1. The first-order valence-electron chi connectivity index (χ1n) is 11.3. The third kappa shape index (κ3) is 7.22. The number of carbonyl (C=O) groups excluding carboxylic acids is 4. The summed E-state index contributed by atoms with van der Waals surface area (Å²) in [4.78, 5) is 64.7. The minimum Gasteiger partial charge on any atom is -0.480 e. The summed E-state index contributed by atoms with van der Waals surface area (Å²) in [7, 11) is 0. The Labute approximate surface area is 236 Å². The van der Waals surface area contributed by atoms with Gasteiger partial charge in [-0.3, -0.25) is 34.3 Å². The highest BCUT2D eigenvalue weighted by atomic mass is 35.5. The molecule has 0 bridgehead atoms. The molecular weight excluding hydrogens is 582 g/mol. The molecule has 0 saturated carbocycles. The number of cyclic esters (lactones) is 1. The Kier molecular flexibility index (Phi) is 10.2. The molecule has 1 aromatic heterocycles. The lowest BCUT2D eigenvalue weighted by Crippen LogP contribution is -2.47. The first-order chi connectivity index (χ1) is 18.1. The van der Waals surface area contributed by atoms with E-state index in [1.54, 1.807) is 0 Å². The number of thiophene rings is 1. The van der Waals surface area contributed by atoms with Crippen molar-refractivity contribution in [2.45, 2.75) is 6.10 Å². The predicted molar refractivity (Wildman–Crippen MR) is 140 cm³/mol. The van der Waals surface area contributed by atoms with E-state index in [1.807, 2.05) is 0 Å². The summed E-state index contributed by atoms with van der Waals surface area (Å²) in [5.74, 6) is -3.73. The van der Waals surface area contributed by atoms with Crippen LogP contribution in [0, 0.1) is 5.82 Å². The first kappa shape index (κ1) is 30.2. The zero-order valence-electron chi connectivity index (χ0n) is 20.1. The SMILES string of the molecule is Cl.O=C(O)CNCC(=O)N(C[C@H]1CN(c2ccc(N3CCOCC3=O)cc2F)C(=O)O1)C(=O)c1ccc(Cl)s1. The molecule has 4 amide bonds. The number of hydrogen-bond acceptors (Lipinski definition) is 9. The molecule has 2 saturated heterocycles. The normalized spacial score (nSPS) is 17.0. The Bertz CT molecular complexity index is 1280. The number of amides is 4. The standard InChI is InChI=1S/C23H22ClFN4O8S.ClH/c24-18-4-3-17(38-18)22(34)29(19(30)8-26-9-21(32)33)11-14-10-28(23(35)37-14)16-2-1-13(7-15(16)25)27-5-6-36-12-20(27)31;/h1-4,7,14,26H,5-6,8-12H2,(H,32,33);1H/t14-;/m1./s1. The Morgan fingerprint density at radius 3 is 2.59 bits per heavy atom. The first-order valence-corrected chi connectivity index (χ1v) is 12.5. The maximum atomic E-state index is 15.0. The topological polar surface area (TPSA) is 146 Å². The summed E-state index contributed by atoms with van der Waals surface area (Å²) in [6.45, 7) is -1.02. The van der Waals surface area contributed by atoms with Crippen molar-refractivity contribution in [1.29, 1.82) is 0 Å². The van der Waals surface area contributed by atoms with Crippen LogP contribution in [-0.4, -0.2) is 91.8 Å². The van der Waals surface area contributed by atoms with Crippen molar-refractivity contribution in [3.63, 3.8) is 0 Å². The molecule has 0 unspecified atom stereocenters. The lowest BCUT2D eigenvalue weighted by molar-refractivity contribution is -0.136. The highest BCUT2D eigenvalue weighted by Crippen LogP contribution is 2.30. The molecule has 0 spiro atoms. The molecule has 0 aliphatic carbocycles. The number of nitrogens with one attached hydrogen (secondary N) is 1. The summed E-state index contributed by atoms with van der Waals surface area (Å²) in [6, 6.07) is 6.89. The molecule has 2 aromatic rings. The second-order valence-electron chi connectivity index (χ2n) is 8.26. The fourth-order valence-corrected chi connectivity index (χ4v) is 4.91. The van der Waals surface area contributed by atoms with E-state index in [0.717, 1.165) is 27.2 Å². The van der Waals surface area contributed by atoms with Gasteiger partial charge in [0, 0.05) is 12.2 Å². The molecule has 2 N–H and O–H groups in total. The van der Waals surface area contributed by atoms with E-state index in [0.29, 0.717) is 16.6 Å². The van der Waals surface area contributed by atoms with Crippen molar-refractivity contribution >= 4 is 76.5 Å². The van der Waals surface area contributed by atoms with E-state index >= 15 is 4.39 Å². The molecular formula is C23H23Cl2FN4O8S. The van der Waals surface area contributed by atoms with E-state index in [1.165, 1.54) is 29.2 Å². The van der Waals surface area contributed by atoms with Gasteiger partial charge in [-0.1, -0.05) is 11.6 Å². The van der Waals surface area contributed by atoms with Crippen LogP contribution in [0.25, 0.3) is 0 Å². The summed E-state index contributed by atoms with van der Waals surface area (Å²) >= 11 is 6.86. The molecule has 16 heteroatoms. The molecule has 1 aromatic carbocycles. The van der Waals surface area contributed by atoms with Gasteiger partial charge in [0.05, 0.1) is 47.7 Å². The number of rotatable bonds is 9. The molecule has 12 nitrogen and oxygen atoms in total. The Balaban J connectivity index is 0.00000420. The number of nitrogens with zero attached hydrogens (tertiary/aromatic N) is 3. The van der Waals surface area contributed by atoms with Gasteiger partial charge in [0.2, 0.25) is 5.91 Å². The summed E-state index contributed by atoms with van der Waals surface area (Å²) in [5.41, 5.74) is 0.217. The molecule has 0 radical (unpaired) electrons. The van der Waals surface area contributed by atoms with Crippen LogP contribution in [0.1, 0.15) is 9.67 Å². The van der Waals surface area contributed by atoms with Crippen molar-refractivity contribution in [1.82, 2.24) is 10.2 Å². The van der Waals surface area contributed by atoms with E-state index in [2.05, 4.69) is 5.32 Å². The van der Waals surface area contributed by atoms with Crippen LogP contribution >= 0.6 is 35.3 Å². The number of hydrogen-bond donors (Lipinski definition) is 2. The van der Waals surface area contributed by atoms with Gasteiger partial charge >= 0.3 is 12.1 Å². The predicted octanol–water partition coefficient (Wildman–Crippen LogP) is 1.99. The number of aliphatic carboxylic acids is 1. The summed E-state index contributed by atoms with van der Waals surface area (Å²) in [6.07, 6.45) is -1.88. The third-order valence-corrected chi connectivity index (χ3v) is 6.88. The fraction of sp³-hybridized carbons (Fsp3) is 0.348. The lowest BCUT2D eigenvalue weighted by atomic mass is 10.2. The van der Waals surface area contributed by atoms with Crippen molar-refractivity contribution in [3.05, 3.63) is 45.4 Å². The Hall–Kier alpha value is -3.30. The molecule has 210 valence electrons. The number of anilines is 2. The maximum absolute atomic E-state index is 15.0. The Morgan fingerprint density at radius 2 is 1.95 bits per heavy atom. The fourth-order valence-electron chi connectivity index (χ4n) is 3.92. The lowest BCUT2D eigenvalue weighted by Gasteiger charge is -2.27. The molecule has 1 atom stereocenters. The van der Waals surface area contributed by atoms with Gasteiger partial charge in [0.15, 0.2) is 0 Å². The number of morpholine rings is 1.